The molecule has 0 saturated carbocycles. The fraction of sp³-hybridized carbons (Fsp3) is 0.462. The first-order valence-corrected chi connectivity index (χ1v) is 6.48. The Bertz CT molecular complexity index is 460. The van der Waals surface area contributed by atoms with E-state index in [1.807, 2.05) is 19.9 Å². The maximum absolute atomic E-state index is 10.6. The fourth-order valence-electron chi connectivity index (χ4n) is 1.95. The van der Waals surface area contributed by atoms with E-state index in [4.69, 9.17) is 15.6 Å². The summed E-state index contributed by atoms with van der Waals surface area (Å²) in [5, 5.41) is 8.72. The third-order valence-electron chi connectivity index (χ3n) is 3.04. The Morgan fingerprint density at radius 2 is 2.17 bits per heavy atom. The minimum atomic E-state index is -0.839. The molecule has 18 heavy (non-hydrogen) atoms. The third kappa shape index (κ3) is 3.23. The number of aryl methyl sites for hydroxylation is 1. The molecular formula is C13H18BrNO3. The van der Waals surface area contributed by atoms with Crippen molar-refractivity contribution in [1.29, 1.82) is 0 Å². The summed E-state index contributed by atoms with van der Waals surface area (Å²) < 4.78 is 6.21. The quantitative estimate of drug-likeness (QED) is 0.876. The number of carbonyl (C=O) groups is 1. The zero-order chi connectivity index (χ0) is 13.9. The fourth-order valence-corrected chi connectivity index (χ4v) is 2.67. The Hall–Kier alpha value is -1.07. The minimum absolute atomic E-state index is 0.0509. The number of aliphatic carboxylic acids is 1. The van der Waals surface area contributed by atoms with Gasteiger partial charge in [0.05, 0.1) is 11.6 Å². The van der Waals surface area contributed by atoms with Crippen molar-refractivity contribution in [1.82, 2.24) is 0 Å². The van der Waals surface area contributed by atoms with E-state index >= 15 is 0 Å². The van der Waals surface area contributed by atoms with Gasteiger partial charge in [-0.1, -0.05) is 0 Å². The molecule has 0 saturated heterocycles. The summed E-state index contributed by atoms with van der Waals surface area (Å²) in [5.74, 6) is -0.148. The number of ether oxygens (including phenoxy) is 1. The van der Waals surface area contributed by atoms with Gasteiger partial charge < -0.3 is 15.6 Å². The molecule has 4 nitrogen and oxygen atoms in total. The zero-order valence-corrected chi connectivity index (χ0v) is 12.4. The predicted octanol–water partition coefficient (Wildman–Crippen LogP) is 2.94. The average molecular weight is 316 g/mol. The van der Waals surface area contributed by atoms with Crippen LogP contribution in [0.15, 0.2) is 10.5 Å². The van der Waals surface area contributed by atoms with E-state index in [1.54, 1.807) is 7.11 Å². The van der Waals surface area contributed by atoms with Crippen molar-refractivity contribution in [3.63, 3.8) is 0 Å². The number of carboxylic acids is 1. The summed E-state index contributed by atoms with van der Waals surface area (Å²) in [5.41, 5.74) is 9.12. The number of hydrogen-bond donors (Lipinski definition) is 2. The Balaban J connectivity index is 3.16. The zero-order valence-electron chi connectivity index (χ0n) is 10.8. The summed E-state index contributed by atoms with van der Waals surface area (Å²) in [6.45, 7) is 3.97. The first-order chi connectivity index (χ1) is 8.38. The summed E-state index contributed by atoms with van der Waals surface area (Å²) >= 11 is 3.44. The lowest BCUT2D eigenvalue weighted by Gasteiger charge is -2.20. The lowest BCUT2D eigenvalue weighted by Crippen LogP contribution is -2.15. The van der Waals surface area contributed by atoms with Crippen LogP contribution in [0.4, 0.5) is 0 Å². The van der Waals surface area contributed by atoms with E-state index in [0.717, 1.165) is 21.2 Å². The molecule has 100 valence electrons. The van der Waals surface area contributed by atoms with E-state index < -0.39 is 5.97 Å². The van der Waals surface area contributed by atoms with Crippen molar-refractivity contribution in [2.24, 2.45) is 5.73 Å². The predicted molar refractivity (Wildman–Crippen MR) is 74.0 cm³/mol. The molecular weight excluding hydrogens is 298 g/mol. The van der Waals surface area contributed by atoms with Gasteiger partial charge in [0.1, 0.15) is 5.75 Å². The van der Waals surface area contributed by atoms with Crippen LogP contribution in [-0.2, 0) is 4.79 Å². The van der Waals surface area contributed by atoms with Crippen molar-refractivity contribution < 1.29 is 14.6 Å². The van der Waals surface area contributed by atoms with E-state index in [2.05, 4.69) is 15.9 Å². The molecule has 0 aromatic heterocycles. The molecule has 5 heteroatoms. The summed E-state index contributed by atoms with van der Waals surface area (Å²) in [7, 11) is 1.59. The highest BCUT2D eigenvalue weighted by molar-refractivity contribution is 9.10. The summed E-state index contributed by atoms with van der Waals surface area (Å²) in [6.07, 6.45) is 0.442. The standard InChI is InChI=1S/C13H18BrNO3/c1-7-6-9(14)13(18-3)12(8(7)2)10(15)4-5-11(16)17/h6,10H,4-5,15H2,1-3H3,(H,16,17). The van der Waals surface area contributed by atoms with Gasteiger partial charge in [0.2, 0.25) is 0 Å². The molecule has 0 radical (unpaired) electrons. The lowest BCUT2D eigenvalue weighted by atomic mass is 9.94. The molecule has 1 unspecified atom stereocenters. The largest absolute Gasteiger partial charge is 0.495 e. The Morgan fingerprint density at radius 3 is 2.67 bits per heavy atom. The van der Waals surface area contributed by atoms with E-state index in [0.29, 0.717) is 12.2 Å². The number of hydrogen-bond acceptors (Lipinski definition) is 3. The van der Waals surface area contributed by atoms with Crippen LogP contribution in [-0.4, -0.2) is 18.2 Å². The maximum atomic E-state index is 10.6. The van der Waals surface area contributed by atoms with Crippen LogP contribution in [0.3, 0.4) is 0 Å². The normalized spacial score (nSPS) is 12.3. The molecule has 0 fully saturated rings. The van der Waals surface area contributed by atoms with Crippen LogP contribution >= 0.6 is 15.9 Å². The maximum Gasteiger partial charge on any atom is 0.303 e. The number of methoxy groups -OCH3 is 1. The van der Waals surface area contributed by atoms with Crippen LogP contribution in [0.2, 0.25) is 0 Å². The molecule has 0 bridgehead atoms. The number of benzene rings is 1. The second-order valence-corrected chi connectivity index (χ2v) is 5.14. The van der Waals surface area contributed by atoms with E-state index in [1.165, 1.54) is 0 Å². The molecule has 1 rings (SSSR count). The van der Waals surface area contributed by atoms with Gasteiger partial charge in [-0.25, -0.2) is 0 Å². The first kappa shape index (κ1) is 15.0. The Morgan fingerprint density at radius 1 is 1.56 bits per heavy atom. The van der Waals surface area contributed by atoms with Crippen LogP contribution < -0.4 is 10.5 Å². The number of carboxylic acid groups (broad SMARTS) is 1. The monoisotopic (exact) mass is 315 g/mol. The third-order valence-corrected chi connectivity index (χ3v) is 3.63. The molecule has 0 aliphatic carbocycles. The van der Waals surface area contributed by atoms with Crippen LogP contribution in [0, 0.1) is 13.8 Å². The highest BCUT2D eigenvalue weighted by atomic mass is 79.9. The lowest BCUT2D eigenvalue weighted by molar-refractivity contribution is -0.137. The molecule has 1 aromatic carbocycles. The van der Waals surface area contributed by atoms with Gasteiger partial charge in [-0.05, 0) is 53.4 Å². The molecule has 3 N–H and O–H groups in total. The SMILES string of the molecule is COc1c(Br)cc(C)c(C)c1C(N)CCC(=O)O. The molecule has 0 heterocycles. The molecule has 0 amide bonds. The highest BCUT2D eigenvalue weighted by Crippen LogP contribution is 2.37. The van der Waals surface area contributed by atoms with E-state index in [9.17, 15) is 4.79 Å². The van der Waals surface area contributed by atoms with Gasteiger partial charge in [0.25, 0.3) is 0 Å². The molecule has 0 spiro atoms. The smallest absolute Gasteiger partial charge is 0.303 e. The summed E-state index contributed by atoms with van der Waals surface area (Å²) in [4.78, 5) is 10.6. The van der Waals surface area contributed by atoms with Gasteiger partial charge in [-0.2, -0.15) is 0 Å². The Labute approximate surface area is 115 Å². The second kappa shape index (κ2) is 6.20. The molecule has 0 aliphatic rings. The van der Waals surface area contributed by atoms with Crippen molar-refractivity contribution in [3.05, 3.63) is 27.2 Å². The van der Waals surface area contributed by atoms with Gasteiger partial charge >= 0.3 is 5.97 Å². The number of halogens is 1. The molecule has 1 atom stereocenters. The highest BCUT2D eigenvalue weighted by Gasteiger charge is 2.19. The van der Waals surface area contributed by atoms with Crippen molar-refractivity contribution in [2.75, 3.05) is 7.11 Å². The van der Waals surface area contributed by atoms with Gasteiger partial charge in [-0.15, -0.1) is 0 Å². The van der Waals surface area contributed by atoms with Crippen molar-refractivity contribution in [2.45, 2.75) is 32.7 Å². The van der Waals surface area contributed by atoms with Crippen molar-refractivity contribution in [3.8, 4) is 5.75 Å². The van der Waals surface area contributed by atoms with Gasteiger partial charge in [0.15, 0.2) is 0 Å². The molecule has 1 aromatic rings. The first-order valence-electron chi connectivity index (χ1n) is 5.69. The van der Waals surface area contributed by atoms with Crippen LogP contribution in [0.1, 0.15) is 35.6 Å². The number of nitrogens with two attached hydrogens (primary N) is 1. The Kier molecular flexibility index (Phi) is 5.16. The van der Waals surface area contributed by atoms with Crippen molar-refractivity contribution >= 4 is 21.9 Å². The number of rotatable bonds is 5. The van der Waals surface area contributed by atoms with Crippen LogP contribution in [0.5, 0.6) is 5.75 Å². The topological polar surface area (TPSA) is 72.5 Å². The van der Waals surface area contributed by atoms with Crippen LogP contribution in [0.25, 0.3) is 0 Å². The summed E-state index contributed by atoms with van der Waals surface area (Å²) in [6, 6.07) is 1.63. The van der Waals surface area contributed by atoms with E-state index in [-0.39, 0.29) is 12.5 Å². The average Bonchev–Trinajstić information content (AvgIpc) is 2.30. The van der Waals surface area contributed by atoms with Gasteiger partial charge in [-0.3, -0.25) is 4.79 Å². The van der Waals surface area contributed by atoms with Gasteiger partial charge in [0, 0.05) is 18.0 Å². The molecule has 0 aliphatic heterocycles. The second-order valence-electron chi connectivity index (χ2n) is 4.29. The minimum Gasteiger partial charge on any atom is -0.495 e.